The average molecular weight is 405 g/mol. The van der Waals surface area contributed by atoms with E-state index in [1.54, 1.807) is 0 Å². The van der Waals surface area contributed by atoms with Crippen molar-refractivity contribution in [2.75, 3.05) is 11.4 Å². The van der Waals surface area contributed by atoms with Crippen molar-refractivity contribution in [2.24, 2.45) is 23.7 Å². The Labute approximate surface area is 152 Å². The topological polar surface area (TPSA) is 77.7 Å². The number of carboxylic acids is 1. The Morgan fingerprint density at radius 1 is 1.08 bits per heavy atom. The second-order valence-corrected chi connectivity index (χ2v) is 8.37. The number of rotatable bonds is 4. The van der Waals surface area contributed by atoms with Crippen LogP contribution in [-0.2, 0) is 14.4 Å². The Kier molecular flexibility index (Phi) is 3.11. The first kappa shape index (κ1) is 15.4. The largest absolute Gasteiger partial charge is 0.481 e. The highest BCUT2D eigenvalue weighted by Gasteiger charge is 2.75. The average Bonchev–Trinajstić information content (AvgIpc) is 2.92. The summed E-state index contributed by atoms with van der Waals surface area (Å²) in [6.07, 6.45) is 0.770. The van der Waals surface area contributed by atoms with Crippen LogP contribution in [0.5, 0.6) is 0 Å². The Balaban J connectivity index is 1.38. The lowest BCUT2D eigenvalue weighted by Crippen LogP contribution is -2.35. The van der Waals surface area contributed by atoms with Crippen molar-refractivity contribution in [1.82, 2.24) is 4.90 Å². The Hall–Kier alpha value is -1.89. The van der Waals surface area contributed by atoms with Crippen LogP contribution in [-0.4, -0.2) is 46.4 Å². The number of amides is 2. The van der Waals surface area contributed by atoms with Crippen LogP contribution in [0.25, 0.3) is 0 Å². The van der Waals surface area contributed by atoms with Gasteiger partial charge in [-0.1, -0.05) is 15.9 Å². The molecule has 6 unspecified atom stereocenters. The van der Waals surface area contributed by atoms with Gasteiger partial charge in [0.05, 0.1) is 30.3 Å². The summed E-state index contributed by atoms with van der Waals surface area (Å²) in [6, 6.07) is 8.86. The minimum Gasteiger partial charge on any atom is -0.481 e. The lowest BCUT2D eigenvalue weighted by Gasteiger charge is -2.20. The number of nitrogens with zero attached hydrogens (tertiary/aromatic N) is 2. The fourth-order valence-electron chi connectivity index (χ4n) is 5.56. The van der Waals surface area contributed by atoms with Crippen molar-refractivity contribution in [1.29, 1.82) is 0 Å². The molecule has 0 spiro atoms. The van der Waals surface area contributed by atoms with Crippen LogP contribution in [0, 0.1) is 23.7 Å². The van der Waals surface area contributed by atoms with Gasteiger partial charge in [0.1, 0.15) is 0 Å². The van der Waals surface area contributed by atoms with Crippen molar-refractivity contribution < 1.29 is 19.5 Å². The van der Waals surface area contributed by atoms with E-state index >= 15 is 0 Å². The Bertz CT molecular complexity index is 761. The van der Waals surface area contributed by atoms with Crippen molar-refractivity contribution in [3.8, 4) is 0 Å². The van der Waals surface area contributed by atoms with E-state index in [0.29, 0.717) is 12.1 Å². The minimum absolute atomic E-state index is 0.00516. The van der Waals surface area contributed by atoms with Crippen LogP contribution in [0.15, 0.2) is 28.7 Å². The molecule has 2 bridgehead atoms. The highest BCUT2D eigenvalue weighted by atomic mass is 79.9. The van der Waals surface area contributed by atoms with E-state index in [4.69, 9.17) is 5.11 Å². The van der Waals surface area contributed by atoms with Gasteiger partial charge in [0.15, 0.2) is 0 Å². The zero-order valence-electron chi connectivity index (χ0n) is 13.3. The van der Waals surface area contributed by atoms with Gasteiger partial charge in [-0.25, -0.2) is 0 Å². The fraction of sp³-hybridized carbons (Fsp3) is 0.500. The van der Waals surface area contributed by atoms with Crippen molar-refractivity contribution in [3.05, 3.63) is 28.7 Å². The second-order valence-electron chi connectivity index (χ2n) is 7.45. The number of piperidine rings is 1. The third-order valence-corrected chi connectivity index (χ3v) is 6.94. The maximum atomic E-state index is 12.7. The minimum atomic E-state index is -0.982. The number of imide groups is 1. The zero-order valence-corrected chi connectivity index (χ0v) is 14.9. The van der Waals surface area contributed by atoms with E-state index < -0.39 is 5.97 Å². The van der Waals surface area contributed by atoms with E-state index in [-0.39, 0.29) is 48.5 Å². The molecule has 2 aliphatic heterocycles. The number of halogens is 1. The Morgan fingerprint density at radius 3 is 2.16 bits per heavy atom. The SMILES string of the molecule is O=C(O)CCN1C(=O)C2C3CC(C2C1=O)C1C3N1c1ccc(Br)cc1. The summed E-state index contributed by atoms with van der Waals surface area (Å²) in [5.74, 6) is -1.33. The summed E-state index contributed by atoms with van der Waals surface area (Å²) in [4.78, 5) is 39.8. The van der Waals surface area contributed by atoms with Gasteiger partial charge in [0.2, 0.25) is 11.8 Å². The van der Waals surface area contributed by atoms with Gasteiger partial charge < -0.3 is 10.0 Å². The molecule has 6 nitrogen and oxygen atoms in total. The predicted molar refractivity (Wildman–Crippen MR) is 91.7 cm³/mol. The van der Waals surface area contributed by atoms with Gasteiger partial charge in [-0.05, 0) is 42.5 Å². The maximum Gasteiger partial charge on any atom is 0.305 e. The summed E-state index contributed by atoms with van der Waals surface area (Å²) in [6.45, 7) is 0.00516. The number of anilines is 1. The maximum absolute atomic E-state index is 12.7. The highest BCUT2D eigenvalue weighted by Crippen LogP contribution is 2.66. The van der Waals surface area contributed by atoms with Crippen molar-refractivity contribution in [3.63, 3.8) is 0 Å². The molecule has 0 aromatic heterocycles. The van der Waals surface area contributed by atoms with Crippen molar-refractivity contribution in [2.45, 2.75) is 24.9 Å². The molecule has 1 aromatic carbocycles. The normalized spacial score (nSPS) is 37.5. The number of aliphatic carboxylic acids is 1. The number of likely N-dealkylation sites (tertiary alicyclic amines) is 1. The van der Waals surface area contributed by atoms with Gasteiger partial charge in [-0.15, -0.1) is 0 Å². The molecule has 7 heteroatoms. The van der Waals surface area contributed by atoms with Gasteiger partial charge in [-0.3, -0.25) is 19.3 Å². The summed E-state index contributed by atoms with van der Waals surface area (Å²) >= 11 is 3.44. The molecule has 5 rings (SSSR count). The van der Waals surface area contributed by atoms with Crippen LogP contribution < -0.4 is 4.90 Å². The highest BCUT2D eigenvalue weighted by molar-refractivity contribution is 9.10. The van der Waals surface area contributed by atoms with Gasteiger partial charge in [-0.2, -0.15) is 0 Å². The molecule has 2 saturated heterocycles. The quantitative estimate of drug-likeness (QED) is 0.610. The molecule has 130 valence electrons. The number of carbonyl (C=O) groups excluding carboxylic acids is 2. The van der Waals surface area contributed by atoms with Gasteiger partial charge in [0.25, 0.3) is 0 Å². The number of benzene rings is 1. The number of fused-ring (bicyclic) bond motifs is 8. The van der Waals surface area contributed by atoms with Gasteiger partial charge >= 0.3 is 5.97 Å². The number of hydrogen-bond acceptors (Lipinski definition) is 4. The first-order chi connectivity index (χ1) is 12.0. The number of hydrogen-bond donors (Lipinski definition) is 1. The molecule has 4 aliphatic rings. The van der Waals surface area contributed by atoms with Crippen LogP contribution in [0.2, 0.25) is 0 Å². The van der Waals surface area contributed by atoms with E-state index in [9.17, 15) is 14.4 Å². The summed E-state index contributed by atoms with van der Waals surface area (Å²) in [5.41, 5.74) is 1.15. The molecular weight excluding hydrogens is 388 g/mol. The second kappa shape index (κ2) is 5.06. The summed E-state index contributed by atoms with van der Waals surface area (Å²) < 4.78 is 1.03. The van der Waals surface area contributed by atoms with E-state index in [1.165, 1.54) is 4.90 Å². The summed E-state index contributed by atoms with van der Waals surface area (Å²) in [5, 5.41) is 8.84. The van der Waals surface area contributed by atoms with Crippen LogP contribution in [0.1, 0.15) is 12.8 Å². The zero-order chi connectivity index (χ0) is 17.5. The molecule has 2 saturated carbocycles. The van der Waals surface area contributed by atoms with Gasteiger partial charge in [0, 0.05) is 16.7 Å². The fourth-order valence-corrected chi connectivity index (χ4v) is 5.82. The molecule has 25 heavy (non-hydrogen) atoms. The first-order valence-electron chi connectivity index (χ1n) is 8.60. The molecule has 6 atom stereocenters. The smallest absolute Gasteiger partial charge is 0.305 e. The molecule has 4 fully saturated rings. The molecule has 2 aliphatic carbocycles. The predicted octanol–water partition coefficient (Wildman–Crippen LogP) is 1.73. The van der Waals surface area contributed by atoms with Crippen molar-refractivity contribution >= 4 is 39.4 Å². The lowest BCUT2D eigenvalue weighted by molar-refractivity contribution is -0.142. The third-order valence-electron chi connectivity index (χ3n) is 6.41. The number of carbonyl (C=O) groups is 3. The van der Waals surface area contributed by atoms with E-state index in [1.807, 2.05) is 12.1 Å². The Morgan fingerprint density at radius 2 is 1.64 bits per heavy atom. The monoisotopic (exact) mass is 404 g/mol. The van der Waals surface area contributed by atoms with E-state index in [2.05, 4.69) is 33.0 Å². The van der Waals surface area contributed by atoms with E-state index in [0.717, 1.165) is 16.6 Å². The molecular formula is C18H17BrN2O4. The van der Waals surface area contributed by atoms with Crippen LogP contribution >= 0.6 is 15.9 Å². The lowest BCUT2D eigenvalue weighted by atomic mass is 9.81. The summed E-state index contributed by atoms with van der Waals surface area (Å²) in [7, 11) is 0. The molecule has 2 amide bonds. The van der Waals surface area contributed by atoms with Crippen LogP contribution in [0.4, 0.5) is 5.69 Å². The van der Waals surface area contributed by atoms with Crippen LogP contribution in [0.3, 0.4) is 0 Å². The standard InChI is InChI=1S/C18H17BrN2O4/c19-8-1-3-9(4-2-8)21-15-10-7-11(16(15)21)14-13(10)17(24)20(18(14)25)6-5-12(22)23/h1-4,10-11,13-16H,5-7H2,(H,22,23). The third kappa shape index (κ3) is 1.99. The molecule has 0 radical (unpaired) electrons. The molecule has 1 N–H and O–H groups in total. The number of carboxylic acid groups (broad SMARTS) is 1. The molecule has 2 heterocycles. The molecule has 1 aromatic rings. The first-order valence-corrected chi connectivity index (χ1v) is 9.39.